The number of anilines is 1. The summed E-state index contributed by atoms with van der Waals surface area (Å²) >= 11 is 0.637. The number of thioether (sulfide) groups is 1. The molecule has 0 aliphatic heterocycles. The molecule has 0 aromatic heterocycles. The number of hydrogen-bond acceptors (Lipinski definition) is 2. The standard InChI is InChI=1S/C16H21F2NS/c17-16(18)20-15-7-2-1-6-14(15)19-13-5-3-4-12(10-13)11-8-9-11/h1-2,6-7,11-13,16,19H,3-5,8-10H2. The largest absolute Gasteiger partial charge is 0.381 e. The molecule has 1 aromatic carbocycles. The fourth-order valence-corrected chi connectivity index (χ4v) is 3.96. The molecule has 2 saturated carbocycles. The topological polar surface area (TPSA) is 12.0 Å². The second-order valence-electron chi connectivity index (χ2n) is 5.98. The predicted octanol–water partition coefficient (Wildman–Crippen LogP) is 5.38. The highest BCUT2D eigenvalue weighted by atomic mass is 32.2. The third kappa shape index (κ3) is 3.66. The molecule has 0 spiro atoms. The molecule has 20 heavy (non-hydrogen) atoms. The predicted molar refractivity (Wildman–Crippen MR) is 80.4 cm³/mol. The zero-order chi connectivity index (χ0) is 13.9. The Morgan fingerprint density at radius 3 is 2.60 bits per heavy atom. The fraction of sp³-hybridized carbons (Fsp3) is 0.625. The molecule has 0 bridgehead atoms. The van der Waals surface area contributed by atoms with Crippen LogP contribution in [-0.4, -0.2) is 11.8 Å². The van der Waals surface area contributed by atoms with Gasteiger partial charge in [0.15, 0.2) is 0 Å². The highest BCUT2D eigenvalue weighted by molar-refractivity contribution is 7.99. The zero-order valence-corrected chi connectivity index (χ0v) is 12.3. The normalized spacial score (nSPS) is 26.8. The highest BCUT2D eigenvalue weighted by Crippen LogP contribution is 2.44. The van der Waals surface area contributed by atoms with Crippen molar-refractivity contribution in [3.05, 3.63) is 24.3 Å². The summed E-state index contributed by atoms with van der Waals surface area (Å²) < 4.78 is 25.2. The number of halogens is 2. The zero-order valence-electron chi connectivity index (χ0n) is 11.5. The van der Waals surface area contributed by atoms with Crippen molar-refractivity contribution in [3.63, 3.8) is 0 Å². The van der Waals surface area contributed by atoms with Gasteiger partial charge in [0.05, 0.1) is 0 Å². The van der Waals surface area contributed by atoms with E-state index in [2.05, 4.69) is 5.32 Å². The number of hydrogen-bond donors (Lipinski definition) is 1. The van der Waals surface area contributed by atoms with Crippen LogP contribution < -0.4 is 5.32 Å². The van der Waals surface area contributed by atoms with Gasteiger partial charge in [-0.05, 0) is 49.7 Å². The molecule has 1 nitrogen and oxygen atoms in total. The highest BCUT2D eigenvalue weighted by Gasteiger charge is 2.34. The average Bonchev–Trinajstić information content (AvgIpc) is 3.25. The van der Waals surface area contributed by atoms with Crippen molar-refractivity contribution in [1.82, 2.24) is 0 Å². The average molecular weight is 297 g/mol. The Balaban J connectivity index is 1.64. The number of rotatable bonds is 5. The molecule has 1 aromatic rings. The lowest BCUT2D eigenvalue weighted by Gasteiger charge is -2.31. The molecule has 2 unspecified atom stereocenters. The van der Waals surface area contributed by atoms with Crippen LogP contribution in [0.25, 0.3) is 0 Å². The van der Waals surface area contributed by atoms with E-state index in [0.29, 0.717) is 22.7 Å². The van der Waals surface area contributed by atoms with E-state index in [1.54, 1.807) is 6.07 Å². The van der Waals surface area contributed by atoms with E-state index in [-0.39, 0.29) is 0 Å². The van der Waals surface area contributed by atoms with E-state index in [1.165, 1.54) is 32.1 Å². The fourth-order valence-electron chi connectivity index (χ4n) is 3.36. The number of alkyl halides is 2. The molecule has 2 aliphatic carbocycles. The first-order chi connectivity index (χ1) is 9.72. The van der Waals surface area contributed by atoms with Crippen LogP contribution in [0, 0.1) is 11.8 Å². The van der Waals surface area contributed by atoms with Crippen LogP contribution in [0.4, 0.5) is 14.5 Å². The van der Waals surface area contributed by atoms with Gasteiger partial charge >= 0.3 is 0 Å². The second kappa shape index (κ2) is 6.33. The molecule has 4 heteroatoms. The molecule has 3 rings (SSSR count). The molecule has 0 radical (unpaired) electrons. The third-order valence-electron chi connectivity index (χ3n) is 4.47. The SMILES string of the molecule is FC(F)Sc1ccccc1NC1CCCC(C2CC2)C1. The van der Waals surface area contributed by atoms with Gasteiger partial charge < -0.3 is 5.32 Å². The van der Waals surface area contributed by atoms with E-state index in [0.717, 1.165) is 23.9 Å². The van der Waals surface area contributed by atoms with Crippen LogP contribution in [0.2, 0.25) is 0 Å². The summed E-state index contributed by atoms with van der Waals surface area (Å²) in [6.07, 6.45) is 7.79. The first-order valence-corrected chi connectivity index (χ1v) is 8.40. The van der Waals surface area contributed by atoms with Crippen LogP contribution in [0.1, 0.15) is 38.5 Å². The Labute approximate surface area is 123 Å². The lowest BCUT2D eigenvalue weighted by Crippen LogP contribution is -2.28. The Bertz CT molecular complexity index is 448. The van der Waals surface area contributed by atoms with Crippen LogP contribution in [-0.2, 0) is 0 Å². The van der Waals surface area contributed by atoms with Crippen molar-refractivity contribution in [3.8, 4) is 0 Å². The summed E-state index contributed by atoms with van der Waals surface area (Å²) in [5.41, 5.74) is 0.874. The van der Waals surface area contributed by atoms with Crippen LogP contribution in [0.5, 0.6) is 0 Å². The summed E-state index contributed by atoms with van der Waals surface area (Å²) in [4.78, 5) is 0.663. The summed E-state index contributed by atoms with van der Waals surface area (Å²) in [5.74, 6) is -0.551. The van der Waals surface area contributed by atoms with Crippen molar-refractivity contribution < 1.29 is 8.78 Å². The first-order valence-electron chi connectivity index (χ1n) is 7.53. The van der Waals surface area contributed by atoms with Gasteiger partial charge in [0.2, 0.25) is 0 Å². The lowest BCUT2D eigenvalue weighted by atomic mass is 9.82. The molecule has 2 atom stereocenters. The van der Waals surface area contributed by atoms with E-state index in [9.17, 15) is 8.78 Å². The van der Waals surface area contributed by atoms with E-state index in [4.69, 9.17) is 0 Å². The minimum absolute atomic E-state index is 0.453. The van der Waals surface area contributed by atoms with Gasteiger partial charge in [0.1, 0.15) is 0 Å². The second-order valence-corrected chi connectivity index (χ2v) is 7.01. The molecule has 2 aliphatic rings. The monoisotopic (exact) mass is 297 g/mol. The number of benzene rings is 1. The Kier molecular flexibility index (Phi) is 4.49. The van der Waals surface area contributed by atoms with Crippen molar-refractivity contribution in [1.29, 1.82) is 0 Å². The van der Waals surface area contributed by atoms with Crippen molar-refractivity contribution in [2.45, 2.75) is 55.2 Å². The van der Waals surface area contributed by atoms with Crippen LogP contribution in [0.15, 0.2) is 29.2 Å². The molecule has 0 amide bonds. The smallest absolute Gasteiger partial charge is 0.288 e. The van der Waals surface area contributed by atoms with Crippen LogP contribution >= 0.6 is 11.8 Å². The Morgan fingerprint density at radius 1 is 1.05 bits per heavy atom. The van der Waals surface area contributed by atoms with Crippen molar-refractivity contribution >= 4 is 17.4 Å². The number of para-hydroxylation sites is 1. The Morgan fingerprint density at radius 2 is 1.85 bits per heavy atom. The molecular formula is C16H21F2NS. The van der Waals surface area contributed by atoms with Gasteiger partial charge in [-0.3, -0.25) is 0 Å². The van der Waals surface area contributed by atoms with Crippen molar-refractivity contribution in [2.75, 3.05) is 5.32 Å². The molecule has 1 N–H and O–H groups in total. The first kappa shape index (κ1) is 14.2. The summed E-state index contributed by atoms with van der Waals surface area (Å²) in [7, 11) is 0. The van der Waals surface area contributed by atoms with Crippen molar-refractivity contribution in [2.24, 2.45) is 11.8 Å². The Hall–Kier alpha value is -0.770. The molecule has 0 heterocycles. The van der Waals surface area contributed by atoms with Gasteiger partial charge in [-0.2, -0.15) is 8.78 Å². The maximum Gasteiger partial charge on any atom is 0.288 e. The quantitative estimate of drug-likeness (QED) is 0.732. The molecule has 2 fully saturated rings. The maximum atomic E-state index is 12.6. The number of nitrogens with one attached hydrogen (secondary N) is 1. The maximum absolute atomic E-state index is 12.6. The molecule has 0 saturated heterocycles. The van der Waals surface area contributed by atoms with Gasteiger partial charge in [0, 0.05) is 16.6 Å². The summed E-state index contributed by atoms with van der Waals surface area (Å²) in [6.45, 7) is 0. The molecular weight excluding hydrogens is 276 g/mol. The van der Waals surface area contributed by atoms with Gasteiger partial charge in [0.25, 0.3) is 5.76 Å². The van der Waals surface area contributed by atoms with E-state index < -0.39 is 5.76 Å². The minimum atomic E-state index is -2.36. The molecule has 110 valence electrons. The lowest BCUT2D eigenvalue weighted by molar-refractivity contribution is 0.252. The van der Waals surface area contributed by atoms with Gasteiger partial charge in [-0.15, -0.1) is 0 Å². The minimum Gasteiger partial charge on any atom is -0.381 e. The third-order valence-corrected chi connectivity index (χ3v) is 5.25. The van der Waals surface area contributed by atoms with Gasteiger partial charge in [-0.25, -0.2) is 0 Å². The van der Waals surface area contributed by atoms with E-state index >= 15 is 0 Å². The van der Waals surface area contributed by atoms with Gasteiger partial charge in [-0.1, -0.05) is 36.7 Å². The van der Waals surface area contributed by atoms with E-state index in [1.807, 2.05) is 18.2 Å². The summed E-state index contributed by atoms with van der Waals surface area (Å²) in [6, 6.07) is 7.89. The van der Waals surface area contributed by atoms with Crippen LogP contribution in [0.3, 0.4) is 0 Å². The summed E-state index contributed by atoms with van der Waals surface area (Å²) in [5, 5.41) is 3.51.